The van der Waals surface area contributed by atoms with Crippen LogP contribution in [0, 0.1) is 5.92 Å². The molecule has 0 radical (unpaired) electrons. The van der Waals surface area contributed by atoms with Crippen molar-refractivity contribution in [3.05, 3.63) is 0 Å². The molecule has 2 aliphatic rings. The van der Waals surface area contributed by atoms with Crippen LogP contribution in [0.15, 0.2) is 0 Å². The van der Waals surface area contributed by atoms with E-state index in [0.29, 0.717) is 12.2 Å². The van der Waals surface area contributed by atoms with Gasteiger partial charge in [-0.2, -0.15) is 0 Å². The third-order valence-corrected chi connectivity index (χ3v) is 4.62. The maximum atomic E-state index is 12.2. The predicted molar refractivity (Wildman–Crippen MR) is 75.8 cm³/mol. The number of carbonyl (C=O) groups is 1. The van der Waals surface area contributed by atoms with E-state index in [-0.39, 0.29) is 17.9 Å². The summed E-state index contributed by atoms with van der Waals surface area (Å²) >= 11 is 0. The average molecular weight is 268 g/mol. The van der Waals surface area contributed by atoms with Gasteiger partial charge in [0.15, 0.2) is 0 Å². The third kappa shape index (κ3) is 3.93. The summed E-state index contributed by atoms with van der Waals surface area (Å²) in [5.41, 5.74) is 5.81. The second kappa shape index (κ2) is 6.71. The van der Waals surface area contributed by atoms with E-state index in [0.717, 1.165) is 25.9 Å². The molecule has 0 spiro atoms. The van der Waals surface area contributed by atoms with E-state index in [1.165, 1.54) is 25.7 Å². The van der Waals surface area contributed by atoms with E-state index in [1.54, 1.807) is 0 Å². The summed E-state index contributed by atoms with van der Waals surface area (Å²) in [7, 11) is 0. The Morgan fingerprint density at radius 1 is 1.11 bits per heavy atom. The number of nitrogens with two attached hydrogens (primary N) is 1. The normalized spacial score (nSPS) is 25.5. The fourth-order valence-electron chi connectivity index (χ4n) is 3.02. The van der Waals surface area contributed by atoms with Crippen molar-refractivity contribution in [1.82, 2.24) is 4.90 Å². The average Bonchev–Trinajstić information content (AvgIpc) is 2.90. The number of hydrogen-bond donors (Lipinski definition) is 1. The molecular formula is C15H28N2O2. The summed E-state index contributed by atoms with van der Waals surface area (Å²) in [4.78, 5) is 14.2. The lowest BCUT2D eigenvalue weighted by atomic mass is 10.00. The summed E-state index contributed by atoms with van der Waals surface area (Å²) in [5.74, 6) is 0.126. The second-order valence-corrected chi connectivity index (χ2v) is 6.21. The molecule has 0 aromatic heterocycles. The largest absolute Gasteiger partial charge is 0.375 e. The van der Waals surface area contributed by atoms with E-state index in [1.807, 2.05) is 18.7 Å². The van der Waals surface area contributed by atoms with Crippen LogP contribution in [0.1, 0.15) is 52.4 Å². The van der Waals surface area contributed by atoms with Gasteiger partial charge in [-0.3, -0.25) is 4.79 Å². The molecule has 2 rings (SSSR count). The van der Waals surface area contributed by atoms with Gasteiger partial charge < -0.3 is 15.4 Å². The molecular weight excluding hydrogens is 240 g/mol. The van der Waals surface area contributed by atoms with Gasteiger partial charge in [0.1, 0.15) is 0 Å². The highest BCUT2D eigenvalue weighted by atomic mass is 16.5. The van der Waals surface area contributed by atoms with Crippen molar-refractivity contribution < 1.29 is 9.53 Å². The molecule has 19 heavy (non-hydrogen) atoms. The Balaban J connectivity index is 1.74. The SMILES string of the molecule is CC(N)C(C)C(=O)N1CCC(OC2CCCC2)CC1. The van der Waals surface area contributed by atoms with Gasteiger partial charge in [0.2, 0.25) is 5.91 Å². The molecule has 2 unspecified atom stereocenters. The van der Waals surface area contributed by atoms with E-state index in [9.17, 15) is 4.79 Å². The Morgan fingerprint density at radius 3 is 2.16 bits per heavy atom. The van der Waals surface area contributed by atoms with Gasteiger partial charge in [-0.1, -0.05) is 19.8 Å². The molecule has 2 atom stereocenters. The Bertz CT molecular complexity index is 293. The first-order valence-electron chi connectivity index (χ1n) is 7.77. The Labute approximate surface area is 116 Å². The lowest BCUT2D eigenvalue weighted by Gasteiger charge is -2.35. The zero-order valence-corrected chi connectivity index (χ0v) is 12.3. The molecule has 0 bridgehead atoms. The van der Waals surface area contributed by atoms with Crippen LogP contribution in [0.2, 0.25) is 0 Å². The Morgan fingerprint density at radius 2 is 1.63 bits per heavy atom. The van der Waals surface area contributed by atoms with Crippen molar-refractivity contribution in [2.45, 2.75) is 70.6 Å². The summed E-state index contributed by atoms with van der Waals surface area (Å²) in [6.45, 7) is 5.48. The van der Waals surface area contributed by atoms with Gasteiger partial charge in [0.05, 0.1) is 18.1 Å². The van der Waals surface area contributed by atoms with E-state index < -0.39 is 0 Å². The zero-order valence-electron chi connectivity index (χ0n) is 12.3. The van der Waals surface area contributed by atoms with Crippen LogP contribution in [-0.4, -0.2) is 42.1 Å². The molecule has 1 heterocycles. The van der Waals surface area contributed by atoms with Crippen LogP contribution in [0.4, 0.5) is 0 Å². The monoisotopic (exact) mass is 268 g/mol. The predicted octanol–water partition coefficient (Wildman–Crippen LogP) is 1.92. The van der Waals surface area contributed by atoms with Crippen LogP contribution in [0.3, 0.4) is 0 Å². The van der Waals surface area contributed by atoms with Crippen molar-refractivity contribution in [2.24, 2.45) is 11.7 Å². The number of ether oxygens (including phenoxy) is 1. The molecule has 4 heteroatoms. The smallest absolute Gasteiger partial charge is 0.226 e. The molecule has 110 valence electrons. The minimum Gasteiger partial charge on any atom is -0.375 e. The topological polar surface area (TPSA) is 55.6 Å². The summed E-state index contributed by atoms with van der Waals surface area (Å²) in [6, 6.07) is -0.0695. The van der Waals surface area contributed by atoms with Gasteiger partial charge in [-0.15, -0.1) is 0 Å². The maximum absolute atomic E-state index is 12.2. The summed E-state index contributed by atoms with van der Waals surface area (Å²) in [6.07, 6.45) is 7.87. The first kappa shape index (κ1) is 14.8. The minimum atomic E-state index is -0.0766. The minimum absolute atomic E-state index is 0.0695. The Hall–Kier alpha value is -0.610. The third-order valence-electron chi connectivity index (χ3n) is 4.62. The van der Waals surface area contributed by atoms with Crippen molar-refractivity contribution in [2.75, 3.05) is 13.1 Å². The number of likely N-dealkylation sites (tertiary alicyclic amines) is 1. The number of carbonyl (C=O) groups excluding carboxylic acids is 1. The highest BCUT2D eigenvalue weighted by Gasteiger charge is 2.29. The van der Waals surface area contributed by atoms with Gasteiger partial charge in [-0.25, -0.2) is 0 Å². The van der Waals surface area contributed by atoms with Crippen LogP contribution in [0.5, 0.6) is 0 Å². The van der Waals surface area contributed by atoms with E-state index in [4.69, 9.17) is 10.5 Å². The van der Waals surface area contributed by atoms with Crippen LogP contribution in [-0.2, 0) is 9.53 Å². The molecule has 1 saturated heterocycles. The molecule has 1 aliphatic carbocycles. The van der Waals surface area contributed by atoms with E-state index in [2.05, 4.69) is 0 Å². The Kier molecular flexibility index (Phi) is 5.22. The number of piperidine rings is 1. The fraction of sp³-hybridized carbons (Fsp3) is 0.933. The lowest BCUT2D eigenvalue weighted by Crippen LogP contribution is -2.46. The molecule has 2 N–H and O–H groups in total. The summed E-state index contributed by atoms with van der Waals surface area (Å²) < 4.78 is 6.13. The van der Waals surface area contributed by atoms with Gasteiger partial charge >= 0.3 is 0 Å². The standard InChI is InChI=1S/C15H28N2O2/c1-11(12(2)16)15(18)17-9-7-14(8-10-17)19-13-5-3-4-6-13/h11-14H,3-10,16H2,1-2H3. The van der Waals surface area contributed by atoms with Gasteiger partial charge in [0.25, 0.3) is 0 Å². The highest BCUT2D eigenvalue weighted by Crippen LogP contribution is 2.25. The molecule has 2 fully saturated rings. The number of rotatable bonds is 4. The first-order chi connectivity index (χ1) is 9.08. The van der Waals surface area contributed by atoms with E-state index >= 15 is 0 Å². The molecule has 4 nitrogen and oxygen atoms in total. The number of hydrogen-bond acceptors (Lipinski definition) is 3. The molecule has 0 aromatic carbocycles. The fourth-order valence-corrected chi connectivity index (χ4v) is 3.02. The maximum Gasteiger partial charge on any atom is 0.226 e. The number of nitrogens with zero attached hydrogens (tertiary/aromatic N) is 1. The molecule has 0 aromatic rings. The van der Waals surface area contributed by atoms with Crippen molar-refractivity contribution >= 4 is 5.91 Å². The summed E-state index contributed by atoms with van der Waals surface area (Å²) in [5, 5.41) is 0. The van der Waals surface area contributed by atoms with Gasteiger partial charge in [-0.05, 0) is 32.6 Å². The number of amides is 1. The van der Waals surface area contributed by atoms with Crippen LogP contribution >= 0.6 is 0 Å². The van der Waals surface area contributed by atoms with Gasteiger partial charge in [0, 0.05) is 19.1 Å². The van der Waals surface area contributed by atoms with Crippen LogP contribution < -0.4 is 5.73 Å². The second-order valence-electron chi connectivity index (χ2n) is 6.21. The molecule has 1 saturated carbocycles. The quantitative estimate of drug-likeness (QED) is 0.847. The zero-order chi connectivity index (χ0) is 13.8. The highest BCUT2D eigenvalue weighted by molar-refractivity contribution is 5.79. The molecule has 1 aliphatic heterocycles. The first-order valence-corrected chi connectivity index (χ1v) is 7.77. The van der Waals surface area contributed by atoms with Crippen molar-refractivity contribution in [1.29, 1.82) is 0 Å². The van der Waals surface area contributed by atoms with Crippen molar-refractivity contribution in [3.8, 4) is 0 Å². The lowest BCUT2D eigenvalue weighted by molar-refractivity contribution is -0.138. The van der Waals surface area contributed by atoms with Crippen molar-refractivity contribution in [3.63, 3.8) is 0 Å². The molecule has 1 amide bonds. The van der Waals surface area contributed by atoms with Crippen LogP contribution in [0.25, 0.3) is 0 Å².